The van der Waals surface area contributed by atoms with Crippen LogP contribution in [0.1, 0.15) is 29.2 Å². The average Bonchev–Trinajstić information content (AvgIpc) is 2.86. The van der Waals surface area contributed by atoms with Gasteiger partial charge in [-0.25, -0.2) is 8.42 Å². The van der Waals surface area contributed by atoms with Gasteiger partial charge in [0.25, 0.3) is 0 Å². The fraction of sp³-hybridized carbons (Fsp3) is 0.310. The van der Waals surface area contributed by atoms with Crippen molar-refractivity contribution in [2.45, 2.75) is 39.8 Å². The molecule has 3 aromatic carbocycles. The first kappa shape index (κ1) is 29.2. The molecule has 3 rings (SSSR count). The summed E-state index contributed by atoms with van der Waals surface area (Å²) in [4.78, 5) is 28.8. The zero-order valence-electron chi connectivity index (χ0n) is 22.1. The van der Waals surface area contributed by atoms with Gasteiger partial charge in [0.05, 0.1) is 11.9 Å². The van der Waals surface area contributed by atoms with Crippen LogP contribution in [0, 0.1) is 13.8 Å². The van der Waals surface area contributed by atoms with Gasteiger partial charge in [-0.15, -0.1) is 0 Å². The quantitative estimate of drug-likeness (QED) is 0.377. The Bertz CT molecular complexity index is 1380. The molecule has 0 saturated heterocycles. The first-order valence-electron chi connectivity index (χ1n) is 12.4. The molecular weight excluding hydrogens is 522 g/mol. The van der Waals surface area contributed by atoms with Crippen molar-refractivity contribution in [3.63, 3.8) is 0 Å². The van der Waals surface area contributed by atoms with Crippen LogP contribution in [0.3, 0.4) is 0 Å². The first-order chi connectivity index (χ1) is 18.0. The predicted molar refractivity (Wildman–Crippen MR) is 153 cm³/mol. The maximum Gasteiger partial charge on any atom is 0.244 e. The lowest BCUT2D eigenvalue weighted by Gasteiger charge is -2.34. The molecule has 3 aromatic rings. The summed E-state index contributed by atoms with van der Waals surface area (Å²) in [5, 5.41) is 3.34. The van der Waals surface area contributed by atoms with E-state index in [0.717, 1.165) is 32.8 Å². The van der Waals surface area contributed by atoms with E-state index in [1.54, 1.807) is 30.3 Å². The zero-order valence-corrected chi connectivity index (χ0v) is 23.7. The number of halogens is 1. The maximum absolute atomic E-state index is 14.0. The Morgan fingerprint density at radius 2 is 1.61 bits per heavy atom. The predicted octanol–water partition coefficient (Wildman–Crippen LogP) is 4.50. The molecule has 2 amide bonds. The van der Waals surface area contributed by atoms with Crippen molar-refractivity contribution in [3.8, 4) is 0 Å². The SMILES string of the molecule is CCNC(=O)C(Cc1ccccc1)N(Cc1cccc(Cl)c1)C(=O)CN(c1cccc(C)c1C)S(C)(=O)=O. The van der Waals surface area contributed by atoms with E-state index in [1.165, 1.54) is 4.90 Å². The summed E-state index contributed by atoms with van der Waals surface area (Å²) in [5.41, 5.74) is 3.70. The molecule has 0 aliphatic heterocycles. The van der Waals surface area contributed by atoms with Crippen molar-refractivity contribution >= 4 is 39.1 Å². The van der Waals surface area contributed by atoms with E-state index in [1.807, 2.05) is 63.2 Å². The fourth-order valence-corrected chi connectivity index (χ4v) is 5.39. The molecule has 7 nitrogen and oxygen atoms in total. The molecule has 0 aromatic heterocycles. The number of likely N-dealkylation sites (N-methyl/N-ethyl adjacent to an activating group) is 1. The van der Waals surface area contributed by atoms with Gasteiger partial charge >= 0.3 is 0 Å². The minimum atomic E-state index is -3.82. The molecule has 0 bridgehead atoms. The highest BCUT2D eigenvalue weighted by Gasteiger charge is 2.33. The topological polar surface area (TPSA) is 86.8 Å². The standard InChI is InChI=1S/C29H34ClN3O4S/c1-5-31-29(35)27(18-23-12-7-6-8-13-23)32(19-24-14-10-15-25(30)17-24)28(34)20-33(38(4,36)37)26-16-9-11-21(2)22(26)3/h6-17,27H,5,18-20H2,1-4H3,(H,31,35). The minimum absolute atomic E-state index is 0.0818. The summed E-state index contributed by atoms with van der Waals surface area (Å²) in [5.74, 6) is -0.812. The van der Waals surface area contributed by atoms with Crippen molar-refractivity contribution in [1.82, 2.24) is 10.2 Å². The second-order valence-electron chi connectivity index (χ2n) is 9.24. The summed E-state index contributed by atoms with van der Waals surface area (Å²) in [6.45, 7) is 5.54. The van der Waals surface area contributed by atoms with Gasteiger partial charge in [-0.3, -0.25) is 13.9 Å². The van der Waals surface area contributed by atoms with E-state index in [4.69, 9.17) is 11.6 Å². The normalized spacial score (nSPS) is 12.0. The molecule has 0 aliphatic carbocycles. The third-order valence-corrected chi connectivity index (χ3v) is 7.75. The van der Waals surface area contributed by atoms with Crippen LogP contribution < -0.4 is 9.62 Å². The van der Waals surface area contributed by atoms with Crippen LogP contribution in [-0.2, 0) is 32.6 Å². The molecule has 0 fully saturated rings. The lowest BCUT2D eigenvalue weighted by Crippen LogP contribution is -2.53. The number of rotatable bonds is 11. The van der Waals surface area contributed by atoms with Crippen LogP contribution in [0.4, 0.5) is 5.69 Å². The minimum Gasteiger partial charge on any atom is -0.355 e. The summed E-state index contributed by atoms with van der Waals surface area (Å²) in [6.07, 6.45) is 1.34. The molecule has 9 heteroatoms. The van der Waals surface area contributed by atoms with Crippen molar-refractivity contribution in [3.05, 3.63) is 100 Å². The van der Waals surface area contributed by atoms with Crippen LogP contribution in [0.2, 0.25) is 5.02 Å². The van der Waals surface area contributed by atoms with Gasteiger partial charge in [0.1, 0.15) is 12.6 Å². The molecule has 0 aliphatic rings. The lowest BCUT2D eigenvalue weighted by molar-refractivity contribution is -0.140. The highest BCUT2D eigenvalue weighted by molar-refractivity contribution is 7.92. The smallest absolute Gasteiger partial charge is 0.244 e. The summed E-state index contributed by atoms with van der Waals surface area (Å²) >= 11 is 6.22. The number of hydrogen-bond acceptors (Lipinski definition) is 4. The number of amides is 2. The number of aryl methyl sites for hydroxylation is 1. The van der Waals surface area contributed by atoms with Gasteiger partial charge in [0, 0.05) is 24.5 Å². The number of anilines is 1. The Labute approximate surface area is 230 Å². The van der Waals surface area contributed by atoms with Crippen LogP contribution in [0.25, 0.3) is 0 Å². The van der Waals surface area contributed by atoms with E-state index in [-0.39, 0.29) is 18.9 Å². The van der Waals surface area contributed by atoms with Crippen molar-refractivity contribution < 1.29 is 18.0 Å². The van der Waals surface area contributed by atoms with E-state index in [2.05, 4.69) is 5.32 Å². The Balaban J connectivity index is 2.07. The monoisotopic (exact) mass is 555 g/mol. The molecule has 38 heavy (non-hydrogen) atoms. The van der Waals surface area contributed by atoms with Gasteiger partial charge in [0.15, 0.2) is 0 Å². The maximum atomic E-state index is 14.0. The summed E-state index contributed by atoms with van der Waals surface area (Å²) in [6, 6.07) is 20.9. The van der Waals surface area contributed by atoms with Gasteiger partial charge in [0.2, 0.25) is 21.8 Å². The van der Waals surface area contributed by atoms with Crippen molar-refractivity contribution in [1.29, 1.82) is 0 Å². The molecule has 0 radical (unpaired) electrons. The van der Waals surface area contributed by atoms with Crippen LogP contribution >= 0.6 is 11.6 Å². The van der Waals surface area contributed by atoms with Crippen LogP contribution in [0.5, 0.6) is 0 Å². The number of benzene rings is 3. The molecular formula is C29H34ClN3O4S. The average molecular weight is 556 g/mol. The fourth-order valence-electron chi connectivity index (χ4n) is 4.28. The van der Waals surface area contributed by atoms with Gasteiger partial charge in [-0.2, -0.15) is 0 Å². The molecule has 0 saturated carbocycles. The van der Waals surface area contributed by atoms with Crippen LogP contribution in [0.15, 0.2) is 72.8 Å². The highest BCUT2D eigenvalue weighted by Crippen LogP contribution is 2.26. The number of sulfonamides is 1. The number of nitrogens with one attached hydrogen (secondary N) is 1. The Morgan fingerprint density at radius 3 is 2.24 bits per heavy atom. The number of hydrogen-bond donors (Lipinski definition) is 1. The van der Waals surface area contributed by atoms with Gasteiger partial charge in [-0.05, 0) is 61.2 Å². The third-order valence-electron chi connectivity index (χ3n) is 6.39. The van der Waals surface area contributed by atoms with Gasteiger partial charge in [-0.1, -0.05) is 66.2 Å². The number of nitrogens with zero attached hydrogens (tertiary/aromatic N) is 2. The molecule has 1 atom stereocenters. The largest absolute Gasteiger partial charge is 0.355 e. The van der Waals surface area contributed by atoms with Crippen molar-refractivity contribution in [2.75, 3.05) is 23.7 Å². The van der Waals surface area contributed by atoms with Gasteiger partial charge < -0.3 is 10.2 Å². The number of carbonyl (C=O) groups is 2. The van der Waals surface area contributed by atoms with E-state index >= 15 is 0 Å². The van der Waals surface area contributed by atoms with E-state index in [0.29, 0.717) is 17.3 Å². The molecule has 202 valence electrons. The summed E-state index contributed by atoms with van der Waals surface area (Å²) in [7, 11) is -3.82. The number of carbonyl (C=O) groups excluding carboxylic acids is 2. The first-order valence-corrected chi connectivity index (χ1v) is 14.6. The van der Waals surface area contributed by atoms with E-state index in [9.17, 15) is 18.0 Å². The third kappa shape index (κ3) is 7.58. The molecule has 0 heterocycles. The highest BCUT2D eigenvalue weighted by atomic mass is 35.5. The zero-order chi connectivity index (χ0) is 27.9. The Morgan fingerprint density at radius 1 is 0.947 bits per heavy atom. The van der Waals surface area contributed by atoms with Crippen LogP contribution in [-0.4, -0.2) is 50.5 Å². The van der Waals surface area contributed by atoms with Crippen molar-refractivity contribution in [2.24, 2.45) is 0 Å². The Kier molecular flexibility index (Phi) is 9.94. The summed E-state index contributed by atoms with van der Waals surface area (Å²) < 4.78 is 26.9. The molecule has 0 spiro atoms. The molecule has 1 unspecified atom stereocenters. The Hall–Kier alpha value is -3.36. The lowest BCUT2D eigenvalue weighted by atomic mass is 10.0. The second kappa shape index (κ2) is 12.9. The second-order valence-corrected chi connectivity index (χ2v) is 11.6. The molecule has 1 N–H and O–H groups in total. The van der Waals surface area contributed by atoms with E-state index < -0.39 is 28.5 Å².